The first-order valence-corrected chi connectivity index (χ1v) is 8.56. The SMILES string of the molecule is Cc1cc(C)nc(C2CCN(C(=O)c3cnc4ccccc4c3)C2)n1. The number of aromatic nitrogens is 3. The summed E-state index contributed by atoms with van der Waals surface area (Å²) in [4.78, 5) is 28.3. The fourth-order valence-corrected chi connectivity index (χ4v) is 3.46. The molecule has 0 bridgehead atoms. The van der Waals surface area contributed by atoms with E-state index >= 15 is 0 Å². The summed E-state index contributed by atoms with van der Waals surface area (Å²) in [7, 11) is 0. The lowest BCUT2D eigenvalue weighted by atomic mass is 10.1. The van der Waals surface area contributed by atoms with Crippen molar-refractivity contribution in [1.29, 1.82) is 0 Å². The van der Waals surface area contributed by atoms with Crippen LogP contribution in [0.1, 0.15) is 39.9 Å². The maximum absolute atomic E-state index is 12.8. The highest BCUT2D eigenvalue weighted by atomic mass is 16.2. The molecule has 1 saturated heterocycles. The lowest BCUT2D eigenvalue weighted by molar-refractivity contribution is 0.0790. The second-order valence-electron chi connectivity index (χ2n) is 6.66. The highest BCUT2D eigenvalue weighted by Gasteiger charge is 2.30. The van der Waals surface area contributed by atoms with Crippen molar-refractivity contribution in [3.8, 4) is 0 Å². The van der Waals surface area contributed by atoms with Gasteiger partial charge in [-0.2, -0.15) is 0 Å². The molecule has 1 atom stereocenters. The van der Waals surface area contributed by atoms with Gasteiger partial charge in [-0.3, -0.25) is 9.78 Å². The van der Waals surface area contributed by atoms with Crippen LogP contribution in [0.25, 0.3) is 10.9 Å². The van der Waals surface area contributed by atoms with Gasteiger partial charge in [-0.15, -0.1) is 0 Å². The van der Waals surface area contributed by atoms with Crippen LogP contribution in [0.5, 0.6) is 0 Å². The number of carbonyl (C=O) groups excluding carboxylic acids is 1. The number of hydrogen-bond acceptors (Lipinski definition) is 4. The van der Waals surface area contributed by atoms with Gasteiger partial charge >= 0.3 is 0 Å². The molecule has 0 spiro atoms. The first-order chi connectivity index (χ1) is 12.1. The van der Waals surface area contributed by atoms with Crippen molar-refractivity contribution >= 4 is 16.8 Å². The van der Waals surface area contributed by atoms with Crippen molar-refractivity contribution in [3.05, 3.63) is 65.4 Å². The van der Waals surface area contributed by atoms with E-state index in [2.05, 4.69) is 15.0 Å². The minimum absolute atomic E-state index is 0.0325. The number of pyridine rings is 1. The number of para-hydroxylation sites is 1. The van der Waals surface area contributed by atoms with Crippen LogP contribution in [0.3, 0.4) is 0 Å². The molecule has 2 aromatic heterocycles. The number of aryl methyl sites for hydroxylation is 2. The van der Waals surface area contributed by atoms with Crippen LogP contribution in [0.2, 0.25) is 0 Å². The summed E-state index contributed by atoms with van der Waals surface area (Å²) in [5.41, 5.74) is 3.50. The Balaban J connectivity index is 1.55. The Morgan fingerprint density at radius 3 is 2.68 bits per heavy atom. The summed E-state index contributed by atoms with van der Waals surface area (Å²) < 4.78 is 0. The molecule has 1 aromatic carbocycles. The maximum atomic E-state index is 12.8. The van der Waals surface area contributed by atoms with Crippen molar-refractivity contribution in [2.45, 2.75) is 26.2 Å². The minimum Gasteiger partial charge on any atom is -0.338 e. The summed E-state index contributed by atoms with van der Waals surface area (Å²) in [6.45, 7) is 5.36. The van der Waals surface area contributed by atoms with Gasteiger partial charge in [0.05, 0.1) is 11.1 Å². The van der Waals surface area contributed by atoms with Crippen LogP contribution in [0, 0.1) is 13.8 Å². The summed E-state index contributed by atoms with van der Waals surface area (Å²) in [5.74, 6) is 1.09. The van der Waals surface area contributed by atoms with Crippen molar-refractivity contribution in [2.75, 3.05) is 13.1 Å². The third-order valence-electron chi connectivity index (χ3n) is 4.68. The molecule has 0 saturated carbocycles. The van der Waals surface area contributed by atoms with Crippen LogP contribution < -0.4 is 0 Å². The quantitative estimate of drug-likeness (QED) is 0.723. The number of fused-ring (bicyclic) bond motifs is 1. The zero-order valence-electron chi connectivity index (χ0n) is 14.4. The van der Waals surface area contributed by atoms with Gasteiger partial charge < -0.3 is 4.90 Å². The van der Waals surface area contributed by atoms with E-state index in [0.717, 1.165) is 41.1 Å². The number of amides is 1. The number of nitrogens with zero attached hydrogens (tertiary/aromatic N) is 4. The molecule has 0 N–H and O–H groups in total. The Hall–Kier alpha value is -2.82. The number of carbonyl (C=O) groups is 1. The molecular formula is C20H20N4O. The van der Waals surface area contributed by atoms with Crippen LogP contribution in [-0.4, -0.2) is 38.8 Å². The third-order valence-corrected chi connectivity index (χ3v) is 4.68. The topological polar surface area (TPSA) is 59.0 Å². The van der Waals surface area contributed by atoms with Gasteiger partial charge in [0.25, 0.3) is 5.91 Å². The normalized spacial score (nSPS) is 17.2. The van der Waals surface area contributed by atoms with E-state index in [1.165, 1.54) is 0 Å². The lowest BCUT2D eigenvalue weighted by Gasteiger charge is -2.16. The lowest BCUT2D eigenvalue weighted by Crippen LogP contribution is -2.28. The molecule has 5 heteroatoms. The van der Waals surface area contributed by atoms with Gasteiger partial charge in [0.15, 0.2) is 0 Å². The predicted octanol–water partition coefficient (Wildman–Crippen LogP) is 3.27. The molecule has 126 valence electrons. The van der Waals surface area contributed by atoms with Crippen molar-refractivity contribution < 1.29 is 4.79 Å². The number of benzene rings is 1. The molecule has 1 amide bonds. The first-order valence-electron chi connectivity index (χ1n) is 8.56. The average molecular weight is 332 g/mol. The van der Waals surface area contributed by atoms with Gasteiger partial charge in [0, 0.05) is 42.0 Å². The summed E-state index contributed by atoms with van der Waals surface area (Å²) >= 11 is 0. The fraction of sp³-hybridized carbons (Fsp3) is 0.300. The maximum Gasteiger partial charge on any atom is 0.255 e. The number of hydrogen-bond donors (Lipinski definition) is 0. The van der Waals surface area contributed by atoms with Gasteiger partial charge in [0.2, 0.25) is 0 Å². The van der Waals surface area contributed by atoms with Crippen LogP contribution in [0.4, 0.5) is 0 Å². The van der Waals surface area contributed by atoms with Gasteiger partial charge in [-0.05, 0) is 38.5 Å². The zero-order chi connectivity index (χ0) is 17.4. The molecule has 25 heavy (non-hydrogen) atoms. The second-order valence-corrected chi connectivity index (χ2v) is 6.66. The Labute approximate surface area is 146 Å². The van der Waals surface area contributed by atoms with E-state index < -0.39 is 0 Å². The molecule has 5 nitrogen and oxygen atoms in total. The number of likely N-dealkylation sites (tertiary alicyclic amines) is 1. The second kappa shape index (κ2) is 6.24. The number of rotatable bonds is 2. The third kappa shape index (κ3) is 3.09. The highest BCUT2D eigenvalue weighted by Crippen LogP contribution is 2.26. The fourth-order valence-electron chi connectivity index (χ4n) is 3.46. The zero-order valence-corrected chi connectivity index (χ0v) is 14.4. The van der Waals surface area contributed by atoms with Crippen molar-refractivity contribution in [3.63, 3.8) is 0 Å². The van der Waals surface area contributed by atoms with Crippen molar-refractivity contribution in [1.82, 2.24) is 19.9 Å². The molecule has 3 heterocycles. The molecule has 0 radical (unpaired) electrons. The van der Waals surface area contributed by atoms with E-state index in [4.69, 9.17) is 0 Å². The van der Waals surface area contributed by atoms with E-state index in [-0.39, 0.29) is 11.8 Å². The summed E-state index contributed by atoms with van der Waals surface area (Å²) in [5, 5.41) is 0.988. The first kappa shape index (κ1) is 15.7. The van der Waals surface area contributed by atoms with E-state index in [0.29, 0.717) is 12.1 Å². The average Bonchev–Trinajstić information content (AvgIpc) is 3.10. The summed E-state index contributed by atoms with van der Waals surface area (Å²) in [6.07, 6.45) is 2.57. The Bertz CT molecular complexity index is 933. The standard InChI is InChI=1S/C20H20N4O/c1-13-9-14(2)23-19(22-13)16-7-8-24(12-16)20(25)17-10-15-5-3-4-6-18(15)21-11-17/h3-6,9-11,16H,7-8,12H2,1-2H3. The van der Waals surface area contributed by atoms with E-state index in [1.54, 1.807) is 6.20 Å². The van der Waals surface area contributed by atoms with E-state index in [1.807, 2.05) is 55.1 Å². The van der Waals surface area contributed by atoms with E-state index in [9.17, 15) is 4.79 Å². The molecule has 1 aliphatic rings. The molecule has 1 unspecified atom stereocenters. The highest BCUT2D eigenvalue weighted by molar-refractivity contribution is 5.97. The Kier molecular flexibility index (Phi) is 3.92. The smallest absolute Gasteiger partial charge is 0.255 e. The molecule has 1 fully saturated rings. The predicted molar refractivity (Wildman–Crippen MR) is 96.5 cm³/mol. The monoisotopic (exact) mass is 332 g/mol. The van der Waals surface area contributed by atoms with Gasteiger partial charge in [-0.25, -0.2) is 9.97 Å². The summed E-state index contributed by atoms with van der Waals surface area (Å²) in [6, 6.07) is 11.7. The van der Waals surface area contributed by atoms with Gasteiger partial charge in [0.1, 0.15) is 5.82 Å². The van der Waals surface area contributed by atoms with Crippen LogP contribution in [0.15, 0.2) is 42.6 Å². The Morgan fingerprint density at radius 2 is 1.88 bits per heavy atom. The largest absolute Gasteiger partial charge is 0.338 e. The van der Waals surface area contributed by atoms with Gasteiger partial charge in [-0.1, -0.05) is 18.2 Å². The van der Waals surface area contributed by atoms with Crippen molar-refractivity contribution in [2.24, 2.45) is 0 Å². The molecule has 1 aliphatic heterocycles. The van der Waals surface area contributed by atoms with Crippen LogP contribution >= 0.6 is 0 Å². The van der Waals surface area contributed by atoms with Crippen LogP contribution in [-0.2, 0) is 0 Å². The molecule has 4 rings (SSSR count). The minimum atomic E-state index is 0.0325. The Morgan fingerprint density at radius 1 is 1.12 bits per heavy atom. The molecule has 3 aromatic rings. The molecular weight excluding hydrogens is 312 g/mol. The molecule has 0 aliphatic carbocycles.